The minimum absolute atomic E-state index is 0.0251. The Morgan fingerprint density at radius 2 is 1.70 bits per heavy atom. The van der Waals surface area contributed by atoms with Gasteiger partial charge >= 0.3 is 0 Å². The molecule has 0 amide bonds. The van der Waals surface area contributed by atoms with E-state index < -0.39 is 0 Å². The number of ketones is 1. The Hall–Kier alpha value is -1.52. The van der Waals surface area contributed by atoms with Crippen molar-refractivity contribution in [1.29, 1.82) is 0 Å². The molecular formula is C16H15BrFNO. The molecule has 0 saturated carbocycles. The molecular weight excluding hydrogens is 321 g/mol. The summed E-state index contributed by atoms with van der Waals surface area (Å²) in [5.41, 5.74) is 7.92. The predicted molar refractivity (Wildman–Crippen MR) is 80.8 cm³/mol. The third-order valence-electron chi connectivity index (χ3n) is 3.12. The molecule has 0 heterocycles. The molecule has 0 aliphatic carbocycles. The van der Waals surface area contributed by atoms with Crippen molar-refractivity contribution >= 4 is 21.7 Å². The maximum atomic E-state index is 13.6. The molecule has 0 saturated heterocycles. The van der Waals surface area contributed by atoms with Gasteiger partial charge in [-0.25, -0.2) is 4.39 Å². The van der Waals surface area contributed by atoms with Crippen LogP contribution in [0.15, 0.2) is 46.9 Å². The Labute approximate surface area is 125 Å². The average molecular weight is 336 g/mol. The zero-order valence-corrected chi connectivity index (χ0v) is 12.5. The molecule has 0 aliphatic rings. The van der Waals surface area contributed by atoms with Gasteiger partial charge in [0.25, 0.3) is 0 Å². The summed E-state index contributed by atoms with van der Waals surface area (Å²) in [4.78, 5) is 12.1. The summed E-state index contributed by atoms with van der Waals surface area (Å²) in [6, 6.07) is 12.2. The van der Waals surface area contributed by atoms with Crippen LogP contribution >= 0.6 is 15.9 Å². The molecule has 0 bridgehead atoms. The van der Waals surface area contributed by atoms with E-state index in [1.54, 1.807) is 12.1 Å². The lowest BCUT2D eigenvalue weighted by atomic mass is 9.99. The van der Waals surface area contributed by atoms with Crippen molar-refractivity contribution in [2.24, 2.45) is 5.73 Å². The Bertz CT molecular complexity index is 628. The third-order valence-corrected chi connectivity index (χ3v) is 3.61. The van der Waals surface area contributed by atoms with Crippen LogP contribution in [0.25, 0.3) is 0 Å². The van der Waals surface area contributed by atoms with E-state index in [0.29, 0.717) is 12.1 Å². The number of halogens is 2. The second kappa shape index (κ2) is 6.77. The van der Waals surface area contributed by atoms with Crippen LogP contribution in [-0.2, 0) is 24.2 Å². The van der Waals surface area contributed by atoms with Gasteiger partial charge in [-0.2, -0.15) is 0 Å². The highest BCUT2D eigenvalue weighted by molar-refractivity contribution is 9.10. The van der Waals surface area contributed by atoms with Crippen LogP contribution in [0.3, 0.4) is 0 Å². The zero-order chi connectivity index (χ0) is 14.5. The van der Waals surface area contributed by atoms with Crippen molar-refractivity contribution < 1.29 is 9.18 Å². The predicted octanol–water partition coefficient (Wildman–Crippen LogP) is 3.40. The molecule has 2 aromatic rings. The lowest BCUT2D eigenvalue weighted by molar-refractivity contribution is -0.117. The quantitative estimate of drug-likeness (QED) is 0.909. The Morgan fingerprint density at radius 1 is 1.05 bits per heavy atom. The van der Waals surface area contributed by atoms with Crippen molar-refractivity contribution in [2.75, 3.05) is 0 Å². The molecule has 0 fully saturated rings. The summed E-state index contributed by atoms with van der Waals surface area (Å²) in [5, 5.41) is 0. The molecule has 2 rings (SSSR count). The summed E-state index contributed by atoms with van der Waals surface area (Å²) < 4.78 is 14.4. The first kappa shape index (κ1) is 14.9. The second-order valence-corrected chi connectivity index (χ2v) is 5.52. The molecule has 0 unspecified atom stereocenters. The fraction of sp³-hybridized carbons (Fsp3) is 0.188. The molecule has 0 aliphatic heterocycles. The van der Waals surface area contributed by atoms with Crippen molar-refractivity contribution in [1.82, 2.24) is 0 Å². The minimum Gasteiger partial charge on any atom is -0.326 e. The standard InChI is InChI=1S/C16H15BrFNO/c17-14-5-6-16(18)13(7-14)9-15(20)8-11-3-1-2-4-12(11)10-19/h1-7H,8-10,19H2. The number of nitrogens with two attached hydrogens (primary N) is 1. The third kappa shape index (κ3) is 3.74. The fourth-order valence-corrected chi connectivity index (χ4v) is 2.50. The highest BCUT2D eigenvalue weighted by atomic mass is 79.9. The number of rotatable bonds is 5. The van der Waals surface area contributed by atoms with Crippen LogP contribution in [-0.4, -0.2) is 5.78 Å². The van der Waals surface area contributed by atoms with Gasteiger partial charge in [0, 0.05) is 23.9 Å². The Morgan fingerprint density at radius 3 is 2.40 bits per heavy atom. The summed E-state index contributed by atoms with van der Waals surface area (Å²) in [6.45, 7) is 0.398. The molecule has 104 valence electrons. The highest BCUT2D eigenvalue weighted by Crippen LogP contribution is 2.17. The number of hydrogen-bond donors (Lipinski definition) is 1. The molecule has 2 aromatic carbocycles. The van der Waals surface area contributed by atoms with E-state index in [4.69, 9.17) is 5.73 Å². The van der Waals surface area contributed by atoms with E-state index in [-0.39, 0.29) is 24.4 Å². The van der Waals surface area contributed by atoms with Gasteiger partial charge < -0.3 is 5.73 Å². The van der Waals surface area contributed by atoms with Gasteiger partial charge in [-0.05, 0) is 34.9 Å². The van der Waals surface area contributed by atoms with E-state index in [0.717, 1.165) is 15.6 Å². The van der Waals surface area contributed by atoms with Gasteiger partial charge in [0.05, 0.1) is 0 Å². The Balaban J connectivity index is 2.11. The summed E-state index contributed by atoms with van der Waals surface area (Å²) in [5.74, 6) is -0.378. The highest BCUT2D eigenvalue weighted by Gasteiger charge is 2.11. The fourth-order valence-electron chi connectivity index (χ4n) is 2.10. The first-order valence-electron chi connectivity index (χ1n) is 6.32. The molecule has 0 spiro atoms. The van der Waals surface area contributed by atoms with Crippen molar-refractivity contribution in [3.8, 4) is 0 Å². The lowest BCUT2D eigenvalue weighted by Gasteiger charge is -2.07. The first-order valence-corrected chi connectivity index (χ1v) is 7.12. The van der Waals surface area contributed by atoms with Crippen molar-refractivity contribution in [2.45, 2.75) is 19.4 Å². The molecule has 0 radical (unpaired) electrons. The first-order chi connectivity index (χ1) is 9.60. The SMILES string of the molecule is NCc1ccccc1CC(=O)Cc1cc(Br)ccc1F. The van der Waals surface area contributed by atoms with Crippen LogP contribution in [0.1, 0.15) is 16.7 Å². The van der Waals surface area contributed by atoms with Gasteiger partial charge in [0.2, 0.25) is 0 Å². The number of hydrogen-bond acceptors (Lipinski definition) is 2. The summed E-state index contributed by atoms with van der Waals surface area (Å²) in [6.07, 6.45) is 0.365. The zero-order valence-electron chi connectivity index (χ0n) is 10.9. The number of benzene rings is 2. The van der Waals surface area contributed by atoms with E-state index in [1.807, 2.05) is 24.3 Å². The summed E-state index contributed by atoms with van der Waals surface area (Å²) >= 11 is 3.28. The van der Waals surface area contributed by atoms with Crippen molar-refractivity contribution in [3.63, 3.8) is 0 Å². The smallest absolute Gasteiger partial charge is 0.141 e. The van der Waals surface area contributed by atoms with Gasteiger partial charge in [0.15, 0.2) is 0 Å². The van der Waals surface area contributed by atoms with E-state index >= 15 is 0 Å². The maximum Gasteiger partial charge on any atom is 0.141 e. The van der Waals surface area contributed by atoms with Crippen LogP contribution in [0, 0.1) is 5.82 Å². The Kier molecular flexibility index (Phi) is 5.04. The minimum atomic E-state index is -0.353. The van der Waals surface area contributed by atoms with Crippen molar-refractivity contribution in [3.05, 3.63) is 69.4 Å². The lowest BCUT2D eigenvalue weighted by Crippen LogP contribution is -2.11. The van der Waals surface area contributed by atoms with E-state index in [9.17, 15) is 9.18 Å². The van der Waals surface area contributed by atoms with Crippen LogP contribution in [0.5, 0.6) is 0 Å². The number of Topliss-reactive ketones (excluding diaryl/α,β-unsaturated/α-hetero) is 1. The summed E-state index contributed by atoms with van der Waals surface area (Å²) in [7, 11) is 0. The maximum absolute atomic E-state index is 13.6. The topological polar surface area (TPSA) is 43.1 Å². The largest absolute Gasteiger partial charge is 0.326 e. The number of carbonyl (C=O) groups is 1. The van der Waals surface area contributed by atoms with Gasteiger partial charge in [0.1, 0.15) is 11.6 Å². The second-order valence-electron chi connectivity index (χ2n) is 4.60. The van der Waals surface area contributed by atoms with Gasteiger partial charge in [-0.15, -0.1) is 0 Å². The van der Waals surface area contributed by atoms with Crippen LogP contribution in [0.4, 0.5) is 4.39 Å². The van der Waals surface area contributed by atoms with Gasteiger partial charge in [-0.3, -0.25) is 4.79 Å². The normalized spacial score (nSPS) is 10.6. The molecule has 2 nitrogen and oxygen atoms in total. The molecule has 0 atom stereocenters. The van der Waals surface area contributed by atoms with E-state index in [2.05, 4.69) is 15.9 Å². The van der Waals surface area contributed by atoms with Gasteiger partial charge in [-0.1, -0.05) is 40.2 Å². The molecule has 2 N–H and O–H groups in total. The molecule has 0 aromatic heterocycles. The monoisotopic (exact) mass is 335 g/mol. The van der Waals surface area contributed by atoms with E-state index in [1.165, 1.54) is 6.07 Å². The van der Waals surface area contributed by atoms with Crippen LogP contribution in [0.2, 0.25) is 0 Å². The molecule has 4 heteroatoms. The van der Waals surface area contributed by atoms with Crippen LogP contribution < -0.4 is 5.73 Å². The molecule has 20 heavy (non-hydrogen) atoms. The number of carbonyl (C=O) groups excluding carboxylic acids is 1. The average Bonchev–Trinajstić information content (AvgIpc) is 2.43.